The van der Waals surface area contributed by atoms with Gasteiger partial charge < -0.3 is 9.80 Å². The number of fused-ring (bicyclic) bond motifs is 10. The van der Waals surface area contributed by atoms with Crippen molar-refractivity contribution in [2.24, 2.45) is 0 Å². The first-order valence-electron chi connectivity index (χ1n) is 29.5. The number of benzene rings is 5. The summed E-state index contributed by atoms with van der Waals surface area (Å²) in [4.78, 5) is 5.69. The van der Waals surface area contributed by atoms with Gasteiger partial charge in [0.25, 0.3) is 6.71 Å². The van der Waals surface area contributed by atoms with Crippen LogP contribution in [0.3, 0.4) is 0 Å². The van der Waals surface area contributed by atoms with E-state index in [1.54, 1.807) is 27.8 Å². The monoisotopic (exact) mass is 999 g/mol. The highest BCUT2D eigenvalue weighted by Crippen LogP contribution is 2.60. The van der Waals surface area contributed by atoms with E-state index in [2.05, 4.69) is 205 Å². The Bertz CT molecular complexity index is 3310. The molecular weight excluding hydrogens is 912 g/mol. The molecule has 14 rings (SSSR count). The molecule has 6 aromatic rings. The van der Waals surface area contributed by atoms with Gasteiger partial charge in [0.2, 0.25) is 0 Å². The van der Waals surface area contributed by atoms with Crippen LogP contribution in [0.25, 0.3) is 10.1 Å². The summed E-state index contributed by atoms with van der Waals surface area (Å²) in [7, 11) is 0. The number of hydrogen-bond acceptors (Lipinski definition) is 3. The molecule has 6 aliphatic carbocycles. The minimum Gasteiger partial charge on any atom is -0.311 e. The molecule has 0 spiro atoms. The minimum absolute atomic E-state index is 0.0211. The zero-order chi connectivity index (χ0) is 52.2. The average Bonchev–Trinajstić information content (AvgIpc) is 3.72. The lowest BCUT2D eigenvalue weighted by atomic mass is 9.35. The van der Waals surface area contributed by atoms with Gasteiger partial charge in [0, 0.05) is 43.3 Å². The van der Waals surface area contributed by atoms with Crippen molar-refractivity contribution >= 4 is 78.0 Å². The molecule has 0 radical (unpaired) electrons. The van der Waals surface area contributed by atoms with E-state index in [0.29, 0.717) is 5.92 Å². The van der Waals surface area contributed by atoms with Crippen LogP contribution in [0.5, 0.6) is 0 Å². The number of rotatable bonds is 3. The van der Waals surface area contributed by atoms with Gasteiger partial charge in [-0.15, -0.1) is 11.3 Å². The third-order valence-corrected chi connectivity index (χ3v) is 22.8. The Labute approximate surface area is 451 Å². The first kappa shape index (κ1) is 49.3. The molecule has 0 atom stereocenters. The number of hydrogen-bond donors (Lipinski definition) is 0. The summed E-state index contributed by atoms with van der Waals surface area (Å²) >= 11 is 2.14. The summed E-state index contributed by atoms with van der Waals surface area (Å²) in [6.07, 6.45) is 16.5. The molecule has 2 saturated carbocycles. The smallest absolute Gasteiger partial charge is 0.264 e. The zero-order valence-corrected chi connectivity index (χ0v) is 49.4. The van der Waals surface area contributed by atoms with E-state index >= 15 is 0 Å². The van der Waals surface area contributed by atoms with Crippen molar-refractivity contribution in [3.8, 4) is 0 Å². The van der Waals surface area contributed by atoms with Crippen molar-refractivity contribution < 1.29 is 0 Å². The Hall–Kier alpha value is -4.28. The normalized spacial score (nSPS) is 25.0. The Morgan fingerprint density at radius 3 is 1.55 bits per heavy atom. The molecule has 2 bridgehead atoms. The fourth-order valence-corrected chi connectivity index (χ4v) is 17.4. The Morgan fingerprint density at radius 1 is 0.473 bits per heavy atom. The fraction of sp³-hybridized carbons (Fsp3) is 0.543. The first-order chi connectivity index (χ1) is 34.6. The van der Waals surface area contributed by atoms with E-state index in [4.69, 9.17) is 0 Å². The van der Waals surface area contributed by atoms with Crippen molar-refractivity contribution in [1.82, 2.24) is 0 Å². The molecule has 2 fully saturated rings. The highest BCUT2D eigenvalue weighted by molar-refractivity contribution is 7.33. The highest BCUT2D eigenvalue weighted by Gasteiger charge is 2.52. The third-order valence-electron chi connectivity index (χ3n) is 21.6. The highest BCUT2D eigenvalue weighted by atomic mass is 32.1. The van der Waals surface area contributed by atoms with Crippen LogP contribution < -0.4 is 25.5 Å². The Balaban J connectivity index is 1.19. The maximum Gasteiger partial charge on any atom is 0.264 e. The van der Waals surface area contributed by atoms with Crippen LogP contribution in [0.15, 0.2) is 72.8 Å². The molecule has 0 N–H and O–H groups in total. The Kier molecular flexibility index (Phi) is 10.5. The molecule has 74 heavy (non-hydrogen) atoms. The number of anilines is 6. The summed E-state index contributed by atoms with van der Waals surface area (Å²) in [6, 6.07) is 32.0. The molecule has 5 aromatic carbocycles. The Morgan fingerprint density at radius 2 is 0.986 bits per heavy atom. The SMILES string of the molecule is CC(C)(C)c1cc(N2c3cc4c(cc3B3c5sc6cc7c(cc6c5N(c5ccc6c(c5)C(C)(C)CCC6(C)C)c5cc(C6CCCCC6)cc2c53)C2(C)CCC7(C)CC2)C(C)(C)CCC4(C)C)cc(C(C)(C)C)c1. The second kappa shape index (κ2) is 15.7. The summed E-state index contributed by atoms with van der Waals surface area (Å²) in [5.41, 5.74) is 26.0. The average molecular weight is 999 g/mol. The van der Waals surface area contributed by atoms with E-state index in [1.807, 2.05) is 0 Å². The van der Waals surface area contributed by atoms with Gasteiger partial charge in [0.1, 0.15) is 0 Å². The van der Waals surface area contributed by atoms with Crippen LogP contribution >= 0.6 is 11.3 Å². The third kappa shape index (κ3) is 7.19. The molecule has 4 heteroatoms. The van der Waals surface area contributed by atoms with E-state index < -0.39 is 0 Å². The number of thiophene rings is 1. The molecule has 1 aromatic heterocycles. The van der Waals surface area contributed by atoms with Gasteiger partial charge in [-0.05, 0) is 229 Å². The van der Waals surface area contributed by atoms with Crippen molar-refractivity contribution in [2.45, 2.75) is 243 Å². The number of nitrogens with zero attached hydrogens (tertiary/aromatic N) is 2. The van der Waals surface area contributed by atoms with Crippen LogP contribution in [0, 0.1) is 0 Å². The molecule has 2 aliphatic heterocycles. The minimum atomic E-state index is -0.0211. The largest absolute Gasteiger partial charge is 0.311 e. The van der Waals surface area contributed by atoms with Crippen LogP contribution in [-0.2, 0) is 43.3 Å². The molecule has 386 valence electrons. The van der Waals surface area contributed by atoms with Crippen molar-refractivity contribution in [3.63, 3.8) is 0 Å². The molecule has 0 saturated heterocycles. The van der Waals surface area contributed by atoms with Gasteiger partial charge in [0.05, 0.1) is 5.69 Å². The van der Waals surface area contributed by atoms with Gasteiger partial charge in [-0.3, -0.25) is 0 Å². The van der Waals surface area contributed by atoms with Crippen molar-refractivity contribution in [3.05, 3.63) is 123 Å². The summed E-state index contributed by atoms with van der Waals surface area (Å²) in [5.74, 6) is 0.537. The lowest BCUT2D eigenvalue weighted by Crippen LogP contribution is -2.61. The second-order valence-electron chi connectivity index (χ2n) is 30.7. The maximum absolute atomic E-state index is 2.87. The predicted octanol–water partition coefficient (Wildman–Crippen LogP) is 18.4. The van der Waals surface area contributed by atoms with Crippen LogP contribution in [0.2, 0.25) is 0 Å². The molecule has 8 aliphatic rings. The summed E-state index contributed by atoms with van der Waals surface area (Å²) in [5, 5.41) is 1.48. The van der Waals surface area contributed by atoms with Crippen LogP contribution in [-0.4, -0.2) is 6.71 Å². The quantitative estimate of drug-likeness (QED) is 0.163. The molecule has 2 nitrogen and oxygen atoms in total. The topological polar surface area (TPSA) is 6.48 Å². The van der Waals surface area contributed by atoms with Gasteiger partial charge in [-0.1, -0.05) is 148 Å². The first-order valence-corrected chi connectivity index (χ1v) is 30.3. The van der Waals surface area contributed by atoms with Gasteiger partial charge in [0.15, 0.2) is 0 Å². The summed E-state index contributed by atoms with van der Waals surface area (Å²) in [6.45, 7) is 40.0. The standard InChI is InChI=1S/C70H87BN2S/c1-63(2,3)44-34-45(64(4,5)6)36-47(35-44)72-56-40-52-51(67(11,12)26-27-68(52,13)14)39-55(56)71-60-57(72)32-43(42-20-18-17-19-21-42)33-58(60)73(46-22-23-49-50(37-46)66(9,10)25-24-65(49,7)8)61-48-38-53-54(41-59(48)74-62(61)71)70(16)30-28-69(53,15)29-31-70/h22-23,32-42H,17-21,24-31H2,1-16H3. The summed E-state index contributed by atoms with van der Waals surface area (Å²) < 4.78 is 3.02. The molecule has 3 heterocycles. The van der Waals surface area contributed by atoms with E-state index in [9.17, 15) is 0 Å². The lowest BCUT2D eigenvalue weighted by molar-refractivity contribution is 0.188. The second-order valence-corrected chi connectivity index (χ2v) is 31.8. The molecular formula is C70H87BN2S. The lowest BCUT2D eigenvalue weighted by Gasteiger charge is -2.52. The van der Waals surface area contributed by atoms with E-state index in [-0.39, 0.29) is 50.0 Å². The van der Waals surface area contributed by atoms with Crippen molar-refractivity contribution in [2.75, 3.05) is 9.80 Å². The zero-order valence-electron chi connectivity index (χ0n) is 48.6. The van der Waals surface area contributed by atoms with Gasteiger partial charge in [-0.2, -0.15) is 0 Å². The van der Waals surface area contributed by atoms with Crippen LogP contribution in [0.4, 0.5) is 34.1 Å². The van der Waals surface area contributed by atoms with E-state index in [0.717, 1.165) is 0 Å². The van der Waals surface area contributed by atoms with Gasteiger partial charge >= 0.3 is 0 Å². The predicted molar refractivity (Wildman–Crippen MR) is 323 cm³/mol. The van der Waals surface area contributed by atoms with E-state index in [1.165, 1.54) is 166 Å². The van der Waals surface area contributed by atoms with Gasteiger partial charge in [-0.25, -0.2) is 0 Å². The fourth-order valence-electron chi connectivity index (χ4n) is 16.0. The molecule has 0 unspecified atom stereocenters. The van der Waals surface area contributed by atoms with Crippen LogP contribution in [0.1, 0.15) is 250 Å². The maximum atomic E-state index is 2.87. The van der Waals surface area contributed by atoms with Crippen molar-refractivity contribution in [1.29, 1.82) is 0 Å². The molecule has 0 amide bonds.